The molecule has 2 aliphatic heterocycles. The lowest BCUT2D eigenvalue weighted by atomic mass is 9.97. The van der Waals surface area contributed by atoms with Gasteiger partial charge < -0.3 is 25.0 Å². The first-order chi connectivity index (χ1) is 14.0. The molecule has 0 aliphatic carbocycles. The van der Waals surface area contributed by atoms with Gasteiger partial charge in [-0.2, -0.15) is 0 Å². The zero-order valence-electron chi connectivity index (χ0n) is 16.7. The van der Waals surface area contributed by atoms with Gasteiger partial charge in [-0.1, -0.05) is 6.07 Å². The molecule has 0 aromatic heterocycles. The average Bonchev–Trinajstić information content (AvgIpc) is 3.14. The van der Waals surface area contributed by atoms with E-state index in [4.69, 9.17) is 15.2 Å². The summed E-state index contributed by atoms with van der Waals surface area (Å²) in [6.45, 7) is 0.981. The maximum atomic E-state index is 13.3. The normalized spacial score (nSPS) is 18.6. The van der Waals surface area contributed by atoms with Crippen molar-refractivity contribution in [2.75, 3.05) is 42.8 Å². The molecule has 2 aliphatic rings. The van der Waals surface area contributed by atoms with Gasteiger partial charge in [0.05, 0.1) is 25.8 Å². The maximum absolute atomic E-state index is 13.3. The number of carbonyl (C=O) groups excluding carboxylic acids is 2. The van der Waals surface area contributed by atoms with Crippen LogP contribution in [0.15, 0.2) is 36.4 Å². The summed E-state index contributed by atoms with van der Waals surface area (Å²) in [4.78, 5) is 29.5. The lowest BCUT2D eigenvalue weighted by Crippen LogP contribution is -2.40. The highest BCUT2D eigenvalue weighted by Crippen LogP contribution is 2.36. The number of nitrogens with two attached hydrogens (primary N) is 1. The van der Waals surface area contributed by atoms with Crippen LogP contribution < -0.4 is 25.0 Å². The molecule has 2 N–H and O–H groups in total. The van der Waals surface area contributed by atoms with Crippen LogP contribution in [0.1, 0.15) is 18.4 Å². The number of nitrogen functional groups attached to an aromatic ring is 1. The van der Waals surface area contributed by atoms with Crippen molar-refractivity contribution < 1.29 is 19.1 Å². The summed E-state index contributed by atoms with van der Waals surface area (Å²) < 4.78 is 10.6. The van der Waals surface area contributed by atoms with E-state index in [1.807, 2.05) is 18.2 Å². The smallest absolute Gasteiger partial charge is 0.232 e. The molecule has 0 saturated carbocycles. The predicted octanol–water partition coefficient (Wildman–Crippen LogP) is 2.62. The van der Waals surface area contributed by atoms with Crippen LogP contribution in [0.2, 0.25) is 0 Å². The fourth-order valence-electron chi connectivity index (χ4n) is 4.17. The molecular weight excluding hydrogens is 370 g/mol. The Bertz CT molecular complexity index is 937. The molecule has 0 bridgehead atoms. The Morgan fingerprint density at radius 3 is 2.55 bits per heavy atom. The third-order valence-corrected chi connectivity index (χ3v) is 5.68. The van der Waals surface area contributed by atoms with E-state index in [2.05, 4.69) is 0 Å². The van der Waals surface area contributed by atoms with E-state index in [0.717, 1.165) is 24.1 Å². The minimum atomic E-state index is -0.396. The number of rotatable bonds is 4. The molecule has 1 atom stereocenters. The number of fused-ring (bicyclic) bond motifs is 1. The Kier molecular flexibility index (Phi) is 5.05. The molecular formula is C22H25N3O4. The summed E-state index contributed by atoms with van der Waals surface area (Å²) in [7, 11) is 3.13. The van der Waals surface area contributed by atoms with E-state index in [9.17, 15) is 9.59 Å². The van der Waals surface area contributed by atoms with Crippen molar-refractivity contribution in [3.63, 3.8) is 0 Å². The van der Waals surface area contributed by atoms with Crippen LogP contribution in [0.25, 0.3) is 0 Å². The predicted molar refractivity (Wildman–Crippen MR) is 112 cm³/mol. The lowest BCUT2D eigenvalue weighted by molar-refractivity contribution is -0.124. The molecule has 2 aromatic carbocycles. The maximum Gasteiger partial charge on any atom is 0.232 e. The molecule has 2 heterocycles. The zero-order valence-corrected chi connectivity index (χ0v) is 16.7. The summed E-state index contributed by atoms with van der Waals surface area (Å²) in [6.07, 6.45) is 1.92. The van der Waals surface area contributed by atoms with Crippen molar-refractivity contribution in [1.29, 1.82) is 0 Å². The van der Waals surface area contributed by atoms with Gasteiger partial charge in [0, 0.05) is 49.1 Å². The number of ether oxygens (including phenoxy) is 2. The Balaban J connectivity index is 1.58. The number of carbonyl (C=O) groups is 2. The van der Waals surface area contributed by atoms with E-state index in [0.29, 0.717) is 36.0 Å². The number of benzene rings is 2. The van der Waals surface area contributed by atoms with Crippen LogP contribution >= 0.6 is 0 Å². The minimum Gasteiger partial charge on any atom is -0.497 e. The minimum absolute atomic E-state index is 0.0257. The molecule has 29 heavy (non-hydrogen) atoms. The largest absolute Gasteiger partial charge is 0.497 e. The van der Waals surface area contributed by atoms with Gasteiger partial charge in [0.1, 0.15) is 11.5 Å². The van der Waals surface area contributed by atoms with Crippen LogP contribution in [0, 0.1) is 5.92 Å². The topological polar surface area (TPSA) is 85.1 Å². The van der Waals surface area contributed by atoms with Gasteiger partial charge in [-0.3, -0.25) is 9.59 Å². The number of hydrogen-bond donors (Lipinski definition) is 1. The fraction of sp³-hybridized carbons (Fsp3) is 0.364. The van der Waals surface area contributed by atoms with Crippen molar-refractivity contribution in [2.45, 2.75) is 19.3 Å². The van der Waals surface area contributed by atoms with Crippen molar-refractivity contribution in [3.05, 3.63) is 42.0 Å². The first kappa shape index (κ1) is 19.1. The van der Waals surface area contributed by atoms with E-state index in [1.165, 1.54) is 0 Å². The third-order valence-electron chi connectivity index (χ3n) is 5.68. The van der Waals surface area contributed by atoms with E-state index >= 15 is 0 Å². The summed E-state index contributed by atoms with van der Waals surface area (Å²) in [5.74, 6) is 0.697. The molecule has 7 heteroatoms. The number of nitrogens with zero attached hydrogens (tertiary/aromatic N) is 2. The highest BCUT2D eigenvalue weighted by Gasteiger charge is 2.39. The molecule has 0 radical (unpaired) electrons. The Labute approximate surface area is 170 Å². The second-order valence-electron chi connectivity index (χ2n) is 7.41. The standard InChI is InChI=1S/C22H25N3O4/c1-28-16-10-15(11-17(12-16)29-2)25-13-14(9-21(25)26)22(27)24-8-4-5-18-19(23)6-3-7-20(18)24/h3,6-7,10-12,14H,4-5,8-9,13,23H2,1-2H3. The number of methoxy groups -OCH3 is 2. The molecule has 2 amide bonds. The van der Waals surface area contributed by atoms with Crippen molar-refractivity contribution in [1.82, 2.24) is 0 Å². The highest BCUT2D eigenvalue weighted by molar-refractivity contribution is 6.05. The number of amides is 2. The van der Waals surface area contributed by atoms with Gasteiger partial charge in [-0.05, 0) is 30.5 Å². The third kappa shape index (κ3) is 3.48. The van der Waals surface area contributed by atoms with E-state index in [1.54, 1.807) is 42.2 Å². The first-order valence-corrected chi connectivity index (χ1v) is 9.74. The van der Waals surface area contributed by atoms with Crippen molar-refractivity contribution in [3.8, 4) is 11.5 Å². The average molecular weight is 395 g/mol. The molecule has 2 aromatic rings. The van der Waals surface area contributed by atoms with Crippen LogP contribution in [0.4, 0.5) is 17.1 Å². The van der Waals surface area contributed by atoms with Crippen molar-refractivity contribution >= 4 is 28.9 Å². The van der Waals surface area contributed by atoms with Crippen molar-refractivity contribution in [2.24, 2.45) is 5.92 Å². The fourth-order valence-corrected chi connectivity index (χ4v) is 4.17. The lowest BCUT2D eigenvalue weighted by Gasteiger charge is -2.32. The summed E-state index contributed by atoms with van der Waals surface area (Å²) in [5, 5.41) is 0. The van der Waals surface area contributed by atoms with Gasteiger partial charge in [0.25, 0.3) is 0 Å². The molecule has 152 valence electrons. The SMILES string of the molecule is COc1cc(OC)cc(N2CC(C(=O)N3CCCc4c(N)cccc43)CC2=O)c1. The Morgan fingerprint density at radius 1 is 1.14 bits per heavy atom. The second kappa shape index (κ2) is 7.66. The monoisotopic (exact) mass is 395 g/mol. The Hall–Kier alpha value is -3.22. The number of hydrogen-bond acceptors (Lipinski definition) is 5. The second-order valence-corrected chi connectivity index (χ2v) is 7.41. The quantitative estimate of drug-likeness (QED) is 0.805. The highest BCUT2D eigenvalue weighted by atomic mass is 16.5. The molecule has 1 saturated heterocycles. The van der Waals surface area contributed by atoms with Gasteiger partial charge in [0.15, 0.2) is 0 Å². The first-order valence-electron chi connectivity index (χ1n) is 9.74. The summed E-state index contributed by atoms with van der Waals surface area (Å²) >= 11 is 0. The zero-order chi connectivity index (χ0) is 20.5. The summed E-state index contributed by atoms with van der Waals surface area (Å²) in [5.41, 5.74) is 9.38. The van der Waals surface area contributed by atoms with E-state index in [-0.39, 0.29) is 18.2 Å². The van der Waals surface area contributed by atoms with Crippen LogP contribution in [0.5, 0.6) is 11.5 Å². The van der Waals surface area contributed by atoms with E-state index < -0.39 is 5.92 Å². The van der Waals surface area contributed by atoms with Crippen LogP contribution in [-0.2, 0) is 16.0 Å². The molecule has 1 fully saturated rings. The van der Waals surface area contributed by atoms with Gasteiger partial charge in [-0.15, -0.1) is 0 Å². The van der Waals surface area contributed by atoms with Gasteiger partial charge in [-0.25, -0.2) is 0 Å². The Morgan fingerprint density at radius 2 is 1.86 bits per heavy atom. The van der Waals surface area contributed by atoms with Crippen LogP contribution in [0.3, 0.4) is 0 Å². The molecule has 0 spiro atoms. The van der Waals surface area contributed by atoms with Gasteiger partial charge >= 0.3 is 0 Å². The molecule has 1 unspecified atom stereocenters. The summed E-state index contributed by atoms with van der Waals surface area (Å²) in [6, 6.07) is 11.0. The molecule has 4 rings (SSSR count). The number of anilines is 3. The van der Waals surface area contributed by atoms with Crippen LogP contribution in [-0.4, -0.2) is 39.1 Å². The molecule has 7 nitrogen and oxygen atoms in total. The van der Waals surface area contributed by atoms with Gasteiger partial charge in [0.2, 0.25) is 11.8 Å².